The van der Waals surface area contributed by atoms with Gasteiger partial charge in [0.15, 0.2) is 0 Å². The van der Waals surface area contributed by atoms with E-state index in [1.165, 1.54) is 25.8 Å². The molecule has 0 bridgehead atoms. The zero-order valence-electron chi connectivity index (χ0n) is 13.4. The number of likely N-dealkylation sites (N-methyl/N-ethyl adjacent to an activating group) is 1. The minimum Gasteiger partial charge on any atom is -0.329 e. The smallest absolute Gasteiger partial charge is 0.0357 e. The molecule has 0 aromatic carbocycles. The molecule has 0 aromatic rings. The Kier molecular flexibility index (Phi) is 5.25. The molecule has 0 aromatic heterocycles. The summed E-state index contributed by atoms with van der Waals surface area (Å²) in [5.74, 6) is 1.42. The minimum absolute atomic E-state index is 0.245. The first-order chi connectivity index (χ1) is 8.27. The van der Waals surface area contributed by atoms with Gasteiger partial charge < -0.3 is 5.73 Å². The lowest BCUT2D eigenvalue weighted by Gasteiger charge is -2.54. The third kappa shape index (κ3) is 3.27. The van der Waals surface area contributed by atoms with E-state index in [-0.39, 0.29) is 5.54 Å². The SMILES string of the molecule is CCN(CC(C)C)C1(CN)CCC(C)(C)CC1C. The Morgan fingerprint density at radius 2 is 1.89 bits per heavy atom. The van der Waals surface area contributed by atoms with Crippen molar-refractivity contribution in [2.75, 3.05) is 19.6 Å². The Morgan fingerprint density at radius 3 is 2.28 bits per heavy atom. The quantitative estimate of drug-likeness (QED) is 0.813. The maximum Gasteiger partial charge on any atom is 0.0357 e. The van der Waals surface area contributed by atoms with Crippen LogP contribution in [0.1, 0.15) is 60.8 Å². The Labute approximate surface area is 114 Å². The number of nitrogens with two attached hydrogens (primary N) is 1. The second-order valence-corrected chi connectivity index (χ2v) is 7.51. The Bertz CT molecular complexity index is 260. The van der Waals surface area contributed by atoms with Crippen LogP contribution in [-0.2, 0) is 0 Å². The molecule has 1 saturated carbocycles. The van der Waals surface area contributed by atoms with Gasteiger partial charge in [0.2, 0.25) is 0 Å². The summed E-state index contributed by atoms with van der Waals surface area (Å²) in [6, 6.07) is 0. The zero-order chi connectivity index (χ0) is 14.0. The van der Waals surface area contributed by atoms with Gasteiger partial charge in [0.25, 0.3) is 0 Å². The fourth-order valence-corrected chi connectivity index (χ4v) is 3.89. The van der Waals surface area contributed by atoms with Crippen LogP contribution in [0.3, 0.4) is 0 Å². The van der Waals surface area contributed by atoms with Crippen molar-refractivity contribution in [3.8, 4) is 0 Å². The van der Waals surface area contributed by atoms with Crippen molar-refractivity contribution in [2.45, 2.75) is 66.3 Å². The molecule has 2 unspecified atom stereocenters. The Morgan fingerprint density at radius 1 is 1.28 bits per heavy atom. The second-order valence-electron chi connectivity index (χ2n) is 7.51. The van der Waals surface area contributed by atoms with Gasteiger partial charge in [0.1, 0.15) is 0 Å². The summed E-state index contributed by atoms with van der Waals surface area (Å²) >= 11 is 0. The van der Waals surface area contributed by atoms with E-state index in [4.69, 9.17) is 5.73 Å². The van der Waals surface area contributed by atoms with Gasteiger partial charge in [-0.2, -0.15) is 0 Å². The van der Waals surface area contributed by atoms with Crippen LogP contribution in [0.15, 0.2) is 0 Å². The lowest BCUT2D eigenvalue weighted by Crippen LogP contribution is -2.61. The number of hydrogen-bond acceptors (Lipinski definition) is 2. The highest BCUT2D eigenvalue weighted by Crippen LogP contribution is 2.46. The molecule has 108 valence electrons. The van der Waals surface area contributed by atoms with Crippen LogP contribution in [0.25, 0.3) is 0 Å². The van der Waals surface area contributed by atoms with Crippen LogP contribution in [-0.4, -0.2) is 30.1 Å². The first-order valence-electron chi connectivity index (χ1n) is 7.72. The van der Waals surface area contributed by atoms with Crippen LogP contribution in [0, 0.1) is 17.3 Å². The van der Waals surface area contributed by atoms with Crippen LogP contribution in [0.5, 0.6) is 0 Å². The van der Waals surface area contributed by atoms with Gasteiger partial charge in [-0.1, -0.05) is 41.5 Å². The number of hydrogen-bond donors (Lipinski definition) is 1. The third-order valence-electron chi connectivity index (χ3n) is 4.96. The topological polar surface area (TPSA) is 29.3 Å². The molecule has 18 heavy (non-hydrogen) atoms. The molecule has 1 rings (SSSR count). The van der Waals surface area contributed by atoms with Gasteiger partial charge in [-0.25, -0.2) is 0 Å². The van der Waals surface area contributed by atoms with E-state index in [1.54, 1.807) is 0 Å². The van der Waals surface area contributed by atoms with E-state index in [9.17, 15) is 0 Å². The second kappa shape index (κ2) is 5.92. The average molecular weight is 254 g/mol. The van der Waals surface area contributed by atoms with Crippen molar-refractivity contribution in [1.82, 2.24) is 4.90 Å². The molecule has 0 saturated heterocycles. The van der Waals surface area contributed by atoms with Gasteiger partial charge >= 0.3 is 0 Å². The average Bonchev–Trinajstić information content (AvgIpc) is 2.26. The summed E-state index contributed by atoms with van der Waals surface area (Å²) < 4.78 is 0. The molecule has 0 radical (unpaired) electrons. The number of nitrogens with zero attached hydrogens (tertiary/aromatic N) is 1. The molecular weight excluding hydrogens is 220 g/mol. The fraction of sp³-hybridized carbons (Fsp3) is 1.00. The van der Waals surface area contributed by atoms with Crippen LogP contribution in [0.4, 0.5) is 0 Å². The highest BCUT2D eigenvalue weighted by molar-refractivity contribution is 5.01. The van der Waals surface area contributed by atoms with Crippen molar-refractivity contribution in [1.29, 1.82) is 0 Å². The van der Waals surface area contributed by atoms with Crippen molar-refractivity contribution < 1.29 is 0 Å². The standard InChI is InChI=1S/C16H34N2/c1-7-18(11-13(2)3)16(12-17)9-8-15(5,6)10-14(16)4/h13-14H,7-12,17H2,1-6H3. The monoisotopic (exact) mass is 254 g/mol. The van der Waals surface area contributed by atoms with Gasteiger partial charge in [-0.3, -0.25) is 4.90 Å². The summed E-state index contributed by atoms with van der Waals surface area (Å²) in [7, 11) is 0. The Hall–Kier alpha value is -0.0800. The van der Waals surface area contributed by atoms with Crippen molar-refractivity contribution in [3.63, 3.8) is 0 Å². The van der Waals surface area contributed by atoms with Crippen LogP contribution < -0.4 is 5.73 Å². The van der Waals surface area contributed by atoms with Gasteiger partial charge in [0.05, 0.1) is 0 Å². The molecule has 2 N–H and O–H groups in total. The van der Waals surface area contributed by atoms with Crippen molar-refractivity contribution in [2.24, 2.45) is 23.0 Å². The van der Waals surface area contributed by atoms with Crippen molar-refractivity contribution in [3.05, 3.63) is 0 Å². The molecule has 2 atom stereocenters. The molecule has 2 nitrogen and oxygen atoms in total. The first kappa shape index (κ1) is 16.0. The summed E-state index contributed by atoms with van der Waals surface area (Å²) in [5, 5.41) is 0. The van der Waals surface area contributed by atoms with Crippen LogP contribution >= 0.6 is 0 Å². The summed E-state index contributed by atoms with van der Waals surface area (Å²) in [6.45, 7) is 17.2. The van der Waals surface area contributed by atoms with E-state index < -0.39 is 0 Å². The van der Waals surface area contributed by atoms with Crippen molar-refractivity contribution >= 4 is 0 Å². The highest BCUT2D eigenvalue weighted by atomic mass is 15.2. The van der Waals surface area contributed by atoms with E-state index in [0.29, 0.717) is 11.3 Å². The predicted molar refractivity (Wildman–Crippen MR) is 80.7 cm³/mol. The highest BCUT2D eigenvalue weighted by Gasteiger charge is 2.46. The molecule has 0 spiro atoms. The molecule has 0 aliphatic heterocycles. The summed E-state index contributed by atoms with van der Waals surface area (Å²) in [6.07, 6.45) is 3.88. The van der Waals surface area contributed by atoms with Gasteiger partial charge in [-0.15, -0.1) is 0 Å². The van der Waals surface area contributed by atoms with Gasteiger partial charge in [-0.05, 0) is 43.1 Å². The molecule has 0 amide bonds. The lowest BCUT2D eigenvalue weighted by molar-refractivity contribution is -0.0251. The largest absolute Gasteiger partial charge is 0.329 e. The molecule has 1 aliphatic carbocycles. The van der Waals surface area contributed by atoms with E-state index >= 15 is 0 Å². The predicted octanol–water partition coefficient (Wildman–Crippen LogP) is 3.51. The number of rotatable bonds is 5. The molecular formula is C16H34N2. The summed E-state index contributed by atoms with van der Waals surface area (Å²) in [4.78, 5) is 2.66. The maximum absolute atomic E-state index is 6.23. The third-order valence-corrected chi connectivity index (χ3v) is 4.96. The van der Waals surface area contributed by atoms with E-state index in [0.717, 1.165) is 19.0 Å². The lowest BCUT2D eigenvalue weighted by atomic mass is 9.63. The maximum atomic E-state index is 6.23. The van der Waals surface area contributed by atoms with E-state index in [1.807, 2.05) is 0 Å². The van der Waals surface area contributed by atoms with E-state index in [2.05, 4.69) is 46.4 Å². The Balaban J connectivity index is 2.90. The summed E-state index contributed by atoms with van der Waals surface area (Å²) in [5.41, 5.74) is 6.97. The normalized spacial score (nSPS) is 32.2. The zero-order valence-corrected chi connectivity index (χ0v) is 13.4. The molecule has 1 fully saturated rings. The molecule has 2 heteroatoms. The molecule has 1 aliphatic rings. The van der Waals surface area contributed by atoms with Gasteiger partial charge in [0, 0.05) is 18.6 Å². The fourth-order valence-electron chi connectivity index (χ4n) is 3.89. The first-order valence-corrected chi connectivity index (χ1v) is 7.72. The minimum atomic E-state index is 0.245. The van der Waals surface area contributed by atoms with Crippen LogP contribution in [0.2, 0.25) is 0 Å². The molecule has 0 heterocycles.